The van der Waals surface area contributed by atoms with Crippen molar-refractivity contribution in [3.8, 4) is 46.0 Å². The number of benzene rings is 10. The Balaban J connectivity index is 1.03. The van der Waals surface area contributed by atoms with Gasteiger partial charge >= 0.3 is 0 Å². The molecule has 0 atom stereocenters. The molecule has 0 N–H and O–H groups in total. The minimum Gasteiger partial charge on any atom is -0.458 e. The number of hydrogen-bond acceptors (Lipinski definition) is 7. The van der Waals surface area contributed by atoms with E-state index in [2.05, 4.69) is 236 Å². The standard InChI is InChI=1S/C64H45B2N3O4/c1-64(2,3)40-32-50-60-56(33-40)72-54-39-55-49-38-48(54)65(60)61-51(69(50)45-28-17-8-18-29-45)34-46(67(41-20-9-4-10-21-41)42-22-11-5-12-23-42)35-57(61)70-52-30-19-31-53-62(52)66(49)63-58(71-53)36-47(37-59(63)73-55)68(43-24-13-6-14-25-43)44-26-15-7-16-27-44/h4-39H,1-3H3. The number of anilines is 9. The summed E-state index contributed by atoms with van der Waals surface area (Å²) in [5.74, 6) is 5.97. The van der Waals surface area contributed by atoms with Crippen molar-refractivity contribution >= 4 is 97.4 Å². The SMILES string of the molecule is CC(C)(C)c1cc2c3c(c1)N(c1ccccc1)c1cc(N(c4ccccc4)c4ccccc4)cc4c1B3c1cc3c(cc1O2)Oc1cc(N(c2ccccc2)c2ccccc2)cc2c1B3c1c(cccc1O4)O2. The average Bonchev–Trinajstić information content (AvgIpc) is 3.42. The molecule has 2 bridgehead atoms. The van der Waals surface area contributed by atoms with Crippen molar-refractivity contribution in [2.75, 3.05) is 14.7 Å². The van der Waals surface area contributed by atoms with Gasteiger partial charge in [0, 0.05) is 75.0 Å². The van der Waals surface area contributed by atoms with E-state index < -0.39 is 0 Å². The van der Waals surface area contributed by atoms with Crippen LogP contribution in [0.2, 0.25) is 0 Å². The summed E-state index contributed by atoms with van der Waals surface area (Å²) in [6, 6.07) is 77.1. The van der Waals surface area contributed by atoms with E-state index in [1.807, 2.05) is 18.2 Å². The second-order valence-electron chi connectivity index (χ2n) is 20.4. The van der Waals surface area contributed by atoms with E-state index in [0.29, 0.717) is 0 Å². The van der Waals surface area contributed by atoms with Crippen molar-refractivity contribution < 1.29 is 18.9 Å². The summed E-state index contributed by atoms with van der Waals surface area (Å²) < 4.78 is 29.4. The number of ether oxygens (including phenoxy) is 4. The highest BCUT2D eigenvalue weighted by molar-refractivity contribution is 7.02. The van der Waals surface area contributed by atoms with E-state index in [4.69, 9.17) is 18.9 Å². The Labute approximate surface area is 425 Å². The van der Waals surface area contributed by atoms with Gasteiger partial charge in [0.25, 0.3) is 13.4 Å². The molecule has 5 aliphatic heterocycles. The summed E-state index contributed by atoms with van der Waals surface area (Å²) in [4.78, 5) is 7.00. The molecule has 0 unspecified atom stereocenters. The Hall–Kier alpha value is -9.07. The molecule has 10 aromatic carbocycles. The van der Waals surface area contributed by atoms with Gasteiger partial charge in [0.2, 0.25) is 0 Å². The van der Waals surface area contributed by atoms with E-state index in [9.17, 15) is 0 Å². The van der Waals surface area contributed by atoms with Crippen LogP contribution >= 0.6 is 0 Å². The smallest absolute Gasteiger partial charge is 0.265 e. The van der Waals surface area contributed by atoms with Crippen LogP contribution in [0, 0.1) is 0 Å². The molecule has 73 heavy (non-hydrogen) atoms. The minimum atomic E-state index is -0.294. The van der Waals surface area contributed by atoms with Gasteiger partial charge < -0.3 is 33.6 Å². The molecule has 0 radical (unpaired) electrons. The molecule has 7 nitrogen and oxygen atoms in total. The monoisotopic (exact) mass is 941 g/mol. The number of nitrogens with zero attached hydrogens (tertiary/aromatic N) is 3. The summed E-state index contributed by atoms with van der Waals surface area (Å²) in [5.41, 5.74) is 16.2. The fourth-order valence-electron chi connectivity index (χ4n) is 11.8. The van der Waals surface area contributed by atoms with Gasteiger partial charge in [-0.1, -0.05) is 124 Å². The molecule has 0 aliphatic carbocycles. The predicted octanol–water partition coefficient (Wildman–Crippen LogP) is 13.2. The third-order valence-corrected chi connectivity index (χ3v) is 15.1. The zero-order chi connectivity index (χ0) is 48.5. The van der Waals surface area contributed by atoms with Gasteiger partial charge in [-0.3, -0.25) is 0 Å². The normalized spacial score (nSPS) is 13.5. The maximum absolute atomic E-state index is 7.73. The highest BCUT2D eigenvalue weighted by Crippen LogP contribution is 2.50. The number of para-hydroxylation sites is 5. The van der Waals surface area contributed by atoms with Crippen LogP contribution in [-0.4, -0.2) is 13.4 Å². The van der Waals surface area contributed by atoms with Crippen molar-refractivity contribution in [3.63, 3.8) is 0 Å². The molecule has 0 saturated carbocycles. The minimum absolute atomic E-state index is 0.197. The van der Waals surface area contributed by atoms with E-state index in [-0.39, 0.29) is 18.8 Å². The number of hydrogen-bond donors (Lipinski definition) is 0. The van der Waals surface area contributed by atoms with Crippen LogP contribution in [0.4, 0.5) is 51.2 Å². The zero-order valence-corrected chi connectivity index (χ0v) is 40.4. The first-order chi connectivity index (χ1) is 35.8. The Kier molecular flexibility index (Phi) is 8.97. The van der Waals surface area contributed by atoms with E-state index in [0.717, 1.165) is 130 Å². The quantitative estimate of drug-likeness (QED) is 0.148. The van der Waals surface area contributed by atoms with Crippen LogP contribution < -0.4 is 66.4 Å². The first-order valence-corrected chi connectivity index (χ1v) is 25.0. The lowest BCUT2D eigenvalue weighted by molar-refractivity contribution is 0.451. The molecule has 9 heteroatoms. The van der Waals surface area contributed by atoms with Crippen molar-refractivity contribution in [2.24, 2.45) is 0 Å². The van der Waals surface area contributed by atoms with Crippen LogP contribution in [0.3, 0.4) is 0 Å². The molecule has 5 heterocycles. The van der Waals surface area contributed by atoms with E-state index >= 15 is 0 Å². The average molecular weight is 942 g/mol. The van der Waals surface area contributed by atoms with E-state index in [1.165, 1.54) is 5.56 Å². The van der Waals surface area contributed by atoms with E-state index in [1.54, 1.807) is 0 Å². The molecule has 346 valence electrons. The summed E-state index contributed by atoms with van der Waals surface area (Å²) >= 11 is 0. The molecule has 0 aromatic heterocycles. The fraction of sp³-hybridized carbons (Fsp3) is 0.0625. The maximum atomic E-state index is 7.73. The molecule has 0 fully saturated rings. The Morgan fingerprint density at radius 2 is 0.712 bits per heavy atom. The highest BCUT2D eigenvalue weighted by atomic mass is 16.5. The second kappa shape index (κ2) is 15.7. The molecule has 0 spiro atoms. The van der Waals surface area contributed by atoms with Crippen molar-refractivity contribution in [2.45, 2.75) is 26.2 Å². The summed E-state index contributed by atoms with van der Waals surface area (Å²) in [7, 11) is 0. The molecule has 0 amide bonds. The maximum Gasteiger partial charge on any atom is 0.265 e. The molecule has 15 rings (SSSR count). The Morgan fingerprint density at radius 1 is 0.329 bits per heavy atom. The lowest BCUT2D eigenvalue weighted by Crippen LogP contribution is -2.63. The second-order valence-corrected chi connectivity index (χ2v) is 20.4. The fourth-order valence-corrected chi connectivity index (χ4v) is 11.8. The first kappa shape index (κ1) is 41.7. The van der Waals surface area contributed by atoms with Gasteiger partial charge in [-0.15, -0.1) is 0 Å². The van der Waals surface area contributed by atoms with Crippen LogP contribution in [0.25, 0.3) is 0 Å². The van der Waals surface area contributed by atoms with Crippen LogP contribution in [0.15, 0.2) is 218 Å². The lowest BCUT2D eigenvalue weighted by Gasteiger charge is -2.43. The lowest BCUT2D eigenvalue weighted by atomic mass is 9.31. The van der Waals surface area contributed by atoms with Gasteiger partial charge in [-0.2, -0.15) is 0 Å². The van der Waals surface area contributed by atoms with Crippen molar-refractivity contribution in [1.82, 2.24) is 0 Å². The first-order valence-electron chi connectivity index (χ1n) is 25.0. The van der Waals surface area contributed by atoms with Gasteiger partial charge in [-0.25, -0.2) is 0 Å². The third-order valence-electron chi connectivity index (χ3n) is 15.1. The van der Waals surface area contributed by atoms with Crippen molar-refractivity contribution in [1.29, 1.82) is 0 Å². The van der Waals surface area contributed by atoms with Crippen molar-refractivity contribution in [3.05, 3.63) is 224 Å². The topological polar surface area (TPSA) is 46.6 Å². The molecule has 10 aromatic rings. The van der Waals surface area contributed by atoms with Gasteiger partial charge in [0.05, 0.1) is 11.4 Å². The zero-order valence-electron chi connectivity index (χ0n) is 40.4. The molecular weight excluding hydrogens is 896 g/mol. The van der Waals surface area contributed by atoms with Gasteiger partial charge in [-0.05, 0) is 124 Å². The number of rotatable bonds is 7. The Bertz CT molecular complexity index is 3790. The van der Waals surface area contributed by atoms with Crippen LogP contribution in [0.1, 0.15) is 26.3 Å². The molecule has 5 aliphatic rings. The molecular formula is C64H45B2N3O4. The third kappa shape index (κ3) is 6.41. The summed E-state index contributed by atoms with van der Waals surface area (Å²) in [6.45, 7) is 6.25. The molecule has 0 saturated heterocycles. The summed E-state index contributed by atoms with van der Waals surface area (Å²) in [6.07, 6.45) is 0. The Morgan fingerprint density at radius 3 is 1.19 bits per heavy atom. The highest BCUT2D eigenvalue weighted by Gasteiger charge is 2.49. The van der Waals surface area contributed by atoms with Gasteiger partial charge in [0.1, 0.15) is 46.0 Å². The summed E-state index contributed by atoms with van der Waals surface area (Å²) in [5, 5.41) is 0. The van der Waals surface area contributed by atoms with Gasteiger partial charge in [0.15, 0.2) is 0 Å². The predicted molar refractivity (Wildman–Crippen MR) is 298 cm³/mol. The van der Waals surface area contributed by atoms with Crippen LogP contribution in [-0.2, 0) is 5.41 Å². The largest absolute Gasteiger partial charge is 0.458 e. The van der Waals surface area contributed by atoms with Crippen LogP contribution in [0.5, 0.6) is 46.0 Å².